The van der Waals surface area contributed by atoms with E-state index in [0.717, 1.165) is 55.9 Å². The van der Waals surface area contributed by atoms with Gasteiger partial charge >= 0.3 is 0 Å². The minimum atomic E-state index is -0.258. The zero-order valence-electron chi connectivity index (χ0n) is 47.6. The molecule has 1 aliphatic rings. The normalized spacial score (nSPS) is 13.6. The summed E-state index contributed by atoms with van der Waals surface area (Å²) in [5.41, 5.74) is 15.3. The van der Waals surface area contributed by atoms with Crippen LogP contribution < -0.4 is 14.5 Å². The van der Waals surface area contributed by atoms with Crippen LogP contribution in [0.15, 0.2) is 158 Å². The van der Waals surface area contributed by atoms with Crippen LogP contribution in [0.2, 0.25) is 0 Å². The summed E-state index contributed by atoms with van der Waals surface area (Å²) in [5.74, 6) is 2.07. The summed E-state index contributed by atoms with van der Waals surface area (Å²) < 4.78 is 9.34. The molecule has 9 aromatic rings. The van der Waals surface area contributed by atoms with Crippen molar-refractivity contribution in [3.63, 3.8) is 0 Å². The van der Waals surface area contributed by atoms with Gasteiger partial charge in [-0.1, -0.05) is 201 Å². The first-order valence-electron chi connectivity index (χ1n) is 26.8. The van der Waals surface area contributed by atoms with Crippen molar-refractivity contribution in [2.24, 2.45) is 0 Å². The molecule has 1 aliphatic heterocycles. The standard InChI is InChI=1S/C70H75N4O.Pt/c1-65(2,3)48-33-34-71-64(42-48)74-61-40-49(69(13,14)46-23-19-17-20-24-46)27-30-58(61)59-31-29-56(44-62(59)74)75-57-39-53(68(10,11)12)38-55(43-57)73-45-72(54-36-51(66(4,5)6)35-52(37-54)67(7,8)9)60-32-28-50(41-63(60)73)70(15,16)47-25-21-18-22-26-47;/h17-42,45H,1-16H3;/q-3;. The van der Waals surface area contributed by atoms with Crippen LogP contribution in [0.5, 0.6) is 11.5 Å². The van der Waals surface area contributed by atoms with Gasteiger partial charge in [-0.05, 0) is 108 Å². The van der Waals surface area contributed by atoms with Crippen molar-refractivity contribution >= 4 is 44.6 Å². The van der Waals surface area contributed by atoms with Crippen molar-refractivity contribution in [3.8, 4) is 17.3 Å². The Bertz CT molecular complexity index is 3560. The number of hydrogen-bond acceptors (Lipinski definition) is 4. The van der Waals surface area contributed by atoms with E-state index in [2.05, 4.69) is 296 Å². The van der Waals surface area contributed by atoms with Gasteiger partial charge in [-0.25, -0.2) is 4.98 Å². The van der Waals surface area contributed by atoms with E-state index in [4.69, 9.17) is 9.72 Å². The Labute approximate surface area is 468 Å². The molecule has 7 aromatic carbocycles. The van der Waals surface area contributed by atoms with Crippen molar-refractivity contribution < 1.29 is 25.8 Å². The number of anilines is 4. The Hall–Kier alpha value is -6.42. The monoisotopic (exact) mass is 1180 g/mol. The van der Waals surface area contributed by atoms with E-state index < -0.39 is 0 Å². The van der Waals surface area contributed by atoms with Crippen LogP contribution in [0.25, 0.3) is 27.6 Å². The largest absolute Gasteiger partial charge is 0.509 e. The van der Waals surface area contributed by atoms with Gasteiger partial charge in [-0.3, -0.25) is 0 Å². The number of fused-ring (bicyclic) bond motifs is 4. The molecule has 0 amide bonds. The zero-order chi connectivity index (χ0) is 53.6. The maximum atomic E-state index is 7.07. The summed E-state index contributed by atoms with van der Waals surface area (Å²) in [6.07, 6.45) is 1.94. The summed E-state index contributed by atoms with van der Waals surface area (Å²) in [6, 6.07) is 63.2. The van der Waals surface area contributed by atoms with Crippen molar-refractivity contribution in [2.45, 2.75) is 143 Å². The van der Waals surface area contributed by atoms with Crippen molar-refractivity contribution in [1.29, 1.82) is 0 Å². The van der Waals surface area contributed by atoms with Crippen LogP contribution >= 0.6 is 0 Å². The molecular weight excluding hydrogens is 1110 g/mol. The second-order valence-electron chi connectivity index (χ2n) is 26.1. The number of benzene rings is 7. The molecule has 0 saturated heterocycles. The number of hydrogen-bond donors (Lipinski definition) is 0. The molecule has 10 rings (SSSR count). The van der Waals surface area contributed by atoms with Crippen LogP contribution in [-0.2, 0) is 53.6 Å². The van der Waals surface area contributed by atoms with Crippen molar-refractivity contribution in [2.75, 3.05) is 9.80 Å². The van der Waals surface area contributed by atoms with Gasteiger partial charge < -0.3 is 19.1 Å². The van der Waals surface area contributed by atoms with E-state index >= 15 is 0 Å². The third-order valence-corrected chi connectivity index (χ3v) is 15.8. The molecule has 0 radical (unpaired) electrons. The molecular formula is C70H75N4OPt-3. The maximum Gasteiger partial charge on any atom is 0.135 e. The molecule has 5 nitrogen and oxygen atoms in total. The van der Waals surface area contributed by atoms with Crippen molar-refractivity contribution in [1.82, 2.24) is 9.55 Å². The van der Waals surface area contributed by atoms with Gasteiger partial charge in [-0.15, -0.1) is 53.6 Å². The molecule has 0 atom stereocenters. The van der Waals surface area contributed by atoms with E-state index in [9.17, 15) is 0 Å². The molecule has 0 spiro atoms. The summed E-state index contributed by atoms with van der Waals surface area (Å²) >= 11 is 0. The molecule has 0 saturated carbocycles. The molecule has 76 heavy (non-hydrogen) atoms. The summed E-state index contributed by atoms with van der Waals surface area (Å²) in [7, 11) is 0. The van der Waals surface area contributed by atoms with Crippen LogP contribution in [0.1, 0.15) is 155 Å². The molecule has 2 aromatic heterocycles. The summed E-state index contributed by atoms with van der Waals surface area (Å²) in [4.78, 5) is 9.74. The first-order chi connectivity index (χ1) is 35.2. The average molecular weight is 1180 g/mol. The minimum absolute atomic E-state index is 0. The van der Waals surface area contributed by atoms with E-state index in [-0.39, 0.29) is 53.6 Å². The molecule has 3 heterocycles. The minimum Gasteiger partial charge on any atom is -0.509 e. The fourth-order valence-corrected chi connectivity index (χ4v) is 10.5. The number of pyridine rings is 1. The van der Waals surface area contributed by atoms with Gasteiger partial charge in [0.25, 0.3) is 0 Å². The topological polar surface area (TPSA) is 33.5 Å². The first-order valence-corrected chi connectivity index (χ1v) is 26.8. The van der Waals surface area contributed by atoms with Crippen LogP contribution in [-0.4, -0.2) is 9.55 Å². The Morgan fingerprint density at radius 3 is 1.54 bits per heavy atom. The molecule has 6 heteroatoms. The van der Waals surface area contributed by atoms with Gasteiger partial charge in [0.15, 0.2) is 0 Å². The fourth-order valence-electron chi connectivity index (χ4n) is 10.5. The maximum absolute atomic E-state index is 7.07. The Morgan fingerprint density at radius 1 is 0.421 bits per heavy atom. The molecule has 0 N–H and O–H groups in total. The Balaban J connectivity index is 0.00000706. The Kier molecular flexibility index (Phi) is 14.0. The van der Waals surface area contributed by atoms with Gasteiger partial charge in [0.2, 0.25) is 0 Å². The van der Waals surface area contributed by atoms with E-state index in [1.807, 2.05) is 6.20 Å². The van der Waals surface area contributed by atoms with Gasteiger partial charge in [0.1, 0.15) is 5.82 Å². The number of aromatic nitrogens is 2. The second kappa shape index (κ2) is 19.5. The smallest absolute Gasteiger partial charge is 0.135 e. The summed E-state index contributed by atoms with van der Waals surface area (Å²) in [5, 5.41) is 2.22. The molecule has 0 fully saturated rings. The molecule has 0 unspecified atom stereocenters. The van der Waals surface area contributed by atoms with E-state index in [1.165, 1.54) is 38.9 Å². The predicted octanol–water partition coefficient (Wildman–Crippen LogP) is 18.8. The molecule has 0 aliphatic carbocycles. The SMILES string of the molecule is CC(C)(C)c1cc(Oc2[c-]c3c(cc2)c2ccc(C(C)(C)c4ccccc4)cc2n3-c2cc(C(C)(C)C)ccn2)[c-]c(N2[CH-]N(c3cc(C(C)(C)C)cc(C(C)(C)C)c3)c3ccc(C(C)(C)c4ccccc4)cc32)c1.[Pt]. The predicted molar refractivity (Wildman–Crippen MR) is 316 cm³/mol. The number of rotatable bonds is 9. The summed E-state index contributed by atoms with van der Waals surface area (Å²) in [6.45, 7) is 38.9. The quantitative estimate of drug-likeness (QED) is 0.135. The van der Waals surface area contributed by atoms with E-state index in [0.29, 0.717) is 11.5 Å². The average Bonchev–Trinajstić information content (AvgIpc) is 3.95. The fraction of sp³-hybridized carbons (Fsp3) is 0.314. The molecule has 394 valence electrons. The van der Waals surface area contributed by atoms with Gasteiger partial charge in [0.05, 0.1) is 0 Å². The van der Waals surface area contributed by atoms with Gasteiger partial charge in [0, 0.05) is 72.2 Å². The van der Waals surface area contributed by atoms with Crippen LogP contribution in [0, 0.1) is 18.8 Å². The van der Waals surface area contributed by atoms with Crippen LogP contribution in [0.3, 0.4) is 0 Å². The Morgan fingerprint density at radius 2 is 0.961 bits per heavy atom. The number of ether oxygens (including phenoxy) is 1. The number of nitrogens with zero attached hydrogens (tertiary/aromatic N) is 4. The van der Waals surface area contributed by atoms with E-state index in [1.54, 1.807) is 0 Å². The zero-order valence-corrected chi connectivity index (χ0v) is 49.9. The van der Waals surface area contributed by atoms with Crippen LogP contribution in [0.4, 0.5) is 22.7 Å². The van der Waals surface area contributed by atoms with Gasteiger partial charge in [-0.2, -0.15) is 6.07 Å². The third kappa shape index (κ3) is 10.3. The third-order valence-electron chi connectivity index (χ3n) is 15.8. The molecule has 0 bridgehead atoms. The van der Waals surface area contributed by atoms with Crippen molar-refractivity contribution in [3.05, 3.63) is 221 Å². The first kappa shape index (κ1) is 54.4. The second-order valence-corrected chi connectivity index (χ2v) is 26.1.